The predicted molar refractivity (Wildman–Crippen MR) is 85.5 cm³/mol. The number of rotatable bonds is 4. The van der Waals surface area contributed by atoms with Crippen molar-refractivity contribution in [1.29, 1.82) is 0 Å². The van der Waals surface area contributed by atoms with E-state index in [9.17, 15) is 0 Å². The van der Waals surface area contributed by atoms with Gasteiger partial charge in [0.25, 0.3) is 0 Å². The monoisotopic (exact) mass is 314 g/mol. The van der Waals surface area contributed by atoms with Gasteiger partial charge in [-0.15, -0.1) is 11.3 Å². The summed E-state index contributed by atoms with van der Waals surface area (Å²) in [6, 6.07) is 9.90. The summed E-state index contributed by atoms with van der Waals surface area (Å²) in [7, 11) is 2.01. The van der Waals surface area contributed by atoms with E-state index in [1.54, 1.807) is 11.3 Å². The van der Waals surface area contributed by atoms with Crippen molar-refractivity contribution in [2.75, 3.05) is 11.9 Å². The third-order valence-electron chi connectivity index (χ3n) is 2.93. The Hall–Kier alpha value is -0.740. The first-order valence-electron chi connectivity index (χ1n) is 5.97. The van der Waals surface area contributed by atoms with Gasteiger partial charge in [-0.05, 0) is 36.8 Å². The molecule has 0 aliphatic heterocycles. The molecule has 1 aromatic carbocycles. The molecule has 1 heterocycles. The van der Waals surface area contributed by atoms with Crippen LogP contribution in [0.25, 0.3) is 0 Å². The molecule has 2 aromatic rings. The van der Waals surface area contributed by atoms with Crippen LogP contribution in [0.3, 0.4) is 0 Å². The number of halogens is 2. The van der Waals surface area contributed by atoms with Crippen molar-refractivity contribution in [3.63, 3.8) is 0 Å². The summed E-state index contributed by atoms with van der Waals surface area (Å²) in [5.74, 6) is 0. The van der Waals surface area contributed by atoms with Crippen molar-refractivity contribution >= 4 is 40.2 Å². The third-order valence-corrected chi connectivity index (χ3v) is 4.45. The molecule has 0 aliphatic rings. The Bertz CT molecular complexity index is 566. The van der Waals surface area contributed by atoms with E-state index in [1.807, 2.05) is 44.3 Å². The SMILES string of the molecule is C[C@H](N)c1ccc(N(C)Cc2ccc(Cl)s2)c(Cl)c1. The molecule has 0 saturated carbocycles. The standard InChI is InChI=1S/C14H16Cl2N2S/c1-9(17)10-3-5-13(12(15)7-10)18(2)8-11-4-6-14(16)19-11/h3-7,9H,8,17H2,1-2H3/t9-/m0/s1. The first-order valence-corrected chi connectivity index (χ1v) is 7.55. The first kappa shape index (κ1) is 14.7. The van der Waals surface area contributed by atoms with E-state index in [2.05, 4.69) is 4.90 Å². The molecule has 1 aromatic heterocycles. The van der Waals surface area contributed by atoms with Gasteiger partial charge in [-0.1, -0.05) is 29.3 Å². The molecule has 19 heavy (non-hydrogen) atoms. The summed E-state index contributed by atoms with van der Waals surface area (Å²) in [6.07, 6.45) is 0. The average molecular weight is 315 g/mol. The molecule has 0 radical (unpaired) electrons. The highest BCUT2D eigenvalue weighted by Gasteiger charge is 2.10. The van der Waals surface area contributed by atoms with Gasteiger partial charge >= 0.3 is 0 Å². The normalized spacial score (nSPS) is 12.5. The van der Waals surface area contributed by atoms with Crippen molar-refractivity contribution in [1.82, 2.24) is 0 Å². The van der Waals surface area contributed by atoms with Gasteiger partial charge in [0.15, 0.2) is 0 Å². The van der Waals surface area contributed by atoms with Crippen molar-refractivity contribution in [3.05, 3.63) is 50.1 Å². The quantitative estimate of drug-likeness (QED) is 0.885. The van der Waals surface area contributed by atoms with Crippen LogP contribution in [-0.2, 0) is 6.54 Å². The van der Waals surface area contributed by atoms with Gasteiger partial charge in [0.05, 0.1) is 21.6 Å². The maximum Gasteiger partial charge on any atom is 0.0931 e. The van der Waals surface area contributed by atoms with Crippen LogP contribution in [0.2, 0.25) is 9.36 Å². The van der Waals surface area contributed by atoms with Gasteiger partial charge in [-0.2, -0.15) is 0 Å². The minimum atomic E-state index is -0.00652. The summed E-state index contributed by atoms with van der Waals surface area (Å²) < 4.78 is 0.807. The van der Waals surface area contributed by atoms with E-state index in [1.165, 1.54) is 4.88 Å². The van der Waals surface area contributed by atoms with E-state index in [0.29, 0.717) is 0 Å². The second-order valence-electron chi connectivity index (χ2n) is 4.56. The highest BCUT2D eigenvalue weighted by molar-refractivity contribution is 7.16. The van der Waals surface area contributed by atoms with E-state index in [0.717, 1.165) is 27.2 Å². The highest BCUT2D eigenvalue weighted by Crippen LogP contribution is 2.30. The van der Waals surface area contributed by atoms with E-state index in [4.69, 9.17) is 28.9 Å². The average Bonchev–Trinajstić information content (AvgIpc) is 2.74. The molecule has 0 spiro atoms. The minimum absolute atomic E-state index is 0.00652. The van der Waals surface area contributed by atoms with Crippen LogP contribution in [0.1, 0.15) is 23.4 Å². The van der Waals surface area contributed by atoms with E-state index >= 15 is 0 Å². The molecular formula is C14H16Cl2N2S. The number of benzene rings is 1. The Labute approximate surface area is 127 Å². The lowest BCUT2D eigenvalue weighted by atomic mass is 10.1. The zero-order valence-electron chi connectivity index (χ0n) is 10.9. The topological polar surface area (TPSA) is 29.3 Å². The van der Waals surface area contributed by atoms with Crippen molar-refractivity contribution in [3.8, 4) is 0 Å². The lowest BCUT2D eigenvalue weighted by molar-refractivity contribution is 0.817. The fraction of sp³-hybridized carbons (Fsp3) is 0.286. The zero-order valence-corrected chi connectivity index (χ0v) is 13.2. The summed E-state index contributed by atoms with van der Waals surface area (Å²) >= 11 is 13.8. The van der Waals surface area contributed by atoms with Gasteiger partial charge in [-0.25, -0.2) is 0 Å². The molecule has 0 aliphatic carbocycles. The second-order valence-corrected chi connectivity index (χ2v) is 6.77. The molecular weight excluding hydrogens is 299 g/mol. The van der Waals surface area contributed by atoms with Gasteiger partial charge in [0, 0.05) is 18.0 Å². The Morgan fingerprint density at radius 3 is 2.53 bits per heavy atom. The van der Waals surface area contributed by atoms with Crippen LogP contribution in [0, 0.1) is 0 Å². The number of anilines is 1. The molecule has 0 amide bonds. The van der Waals surface area contributed by atoms with Crippen LogP contribution in [-0.4, -0.2) is 7.05 Å². The molecule has 102 valence electrons. The maximum atomic E-state index is 6.32. The number of hydrogen-bond donors (Lipinski definition) is 1. The highest BCUT2D eigenvalue weighted by atomic mass is 35.5. The van der Waals surface area contributed by atoms with Crippen LogP contribution < -0.4 is 10.6 Å². The first-order chi connectivity index (χ1) is 8.97. The lowest BCUT2D eigenvalue weighted by Gasteiger charge is -2.21. The van der Waals surface area contributed by atoms with Crippen molar-refractivity contribution < 1.29 is 0 Å². The van der Waals surface area contributed by atoms with Gasteiger partial charge in [0.1, 0.15) is 0 Å². The predicted octanol–water partition coefficient (Wildman–Crippen LogP) is 4.71. The van der Waals surface area contributed by atoms with Crippen LogP contribution in [0.4, 0.5) is 5.69 Å². The number of nitrogens with zero attached hydrogens (tertiary/aromatic N) is 1. The molecule has 2 N–H and O–H groups in total. The number of thiophene rings is 1. The Balaban J connectivity index is 2.17. The number of nitrogens with two attached hydrogens (primary N) is 1. The molecule has 1 atom stereocenters. The van der Waals surface area contributed by atoms with Crippen LogP contribution in [0.5, 0.6) is 0 Å². The summed E-state index contributed by atoms with van der Waals surface area (Å²) in [5.41, 5.74) is 7.89. The lowest BCUT2D eigenvalue weighted by Crippen LogP contribution is -2.16. The van der Waals surface area contributed by atoms with Crippen LogP contribution >= 0.6 is 34.5 Å². The maximum absolute atomic E-state index is 6.32. The Morgan fingerprint density at radius 1 is 1.26 bits per heavy atom. The third kappa shape index (κ3) is 3.63. The largest absolute Gasteiger partial charge is 0.368 e. The number of hydrogen-bond acceptors (Lipinski definition) is 3. The zero-order chi connectivity index (χ0) is 14.0. The van der Waals surface area contributed by atoms with E-state index in [-0.39, 0.29) is 6.04 Å². The fourth-order valence-electron chi connectivity index (χ4n) is 1.87. The molecule has 5 heteroatoms. The molecule has 0 bridgehead atoms. The summed E-state index contributed by atoms with van der Waals surface area (Å²) in [5, 5.41) is 0.722. The van der Waals surface area contributed by atoms with Crippen molar-refractivity contribution in [2.45, 2.75) is 19.5 Å². The Morgan fingerprint density at radius 2 is 2.00 bits per heavy atom. The van der Waals surface area contributed by atoms with Gasteiger partial charge < -0.3 is 10.6 Å². The van der Waals surface area contributed by atoms with Crippen molar-refractivity contribution in [2.24, 2.45) is 5.73 Å². The summed E-state index contributed by atoms with van der Waals surface area (Å²) in [4.78, 5) is 3.31. The molecule has 0 saturated heterocycles. The minimum Gasteiger partial charge on any atom is -0.368 e. The smallest absolute Gasteiger partial charge is 0.0931 e. The molecule has 0 fully saturated rings. The summed E-state index contributed by atoms with van der Waals surface area (Å²) in [6.45, 7) is 2.73. The van der Waals surface area contributed by atoms with E-state index < -0.39 is 0 Å². The second kappa shape index (κ2) is 6.14. The fourth-order valence-corrected chi connectivity index (χ4v) is 3.35. The van der Waals surface area contributed by atoms with Gasteiger partial charge in [0.2, 0.25) is 0 Å². The molecule has 0 unspecified atom stereocenters. The van der Waals surface area contributed by atoms with Gasteiger partial charge in [-0.3, -0.25) is 0 Å². The molecule has 2 nitrogen and oxygen atoms in total. The molecule has 2 rings (SSSR count). The van der Waals surface area contributed by atoms with Crippen LogP contribution in [0.15, 0.2) is 30.3 Å². The Kier molecular flexibility index (Phi) is 4.74.